The number of unbranched alkanes of at least 4 members (excludes halogenated alkanes) is 18. The molecule has 0 radical (unpaired) electrons. The van der Waals surface area contributed by atoms with Crippen LogP contribution in [0.3, 0.4) is 0 Å². The quantitative estimate of drug-likeness (QED) is 0.0492. The topological polar surface area (TPSA) is 7.76 Å². The molecule has 2 aromatic rings. The molecule has 2 heterocycles. The number of hydrogen-bond donors (Lipinski definition) is 0. The van der Waals surface area contributed by atoms with Crippen LogP contribution < -0.4 is 57.1 Å². The van der Waals surface area contributed by atoms with Gasteiger partial charge in [-0.3, -0.25) is 0 Å². The Labute approximate surface area is 310 Å². The van der Waals surface area contributed by atoms with E-state index in [4.69, 9.17) is 0 Å². The normalized spacial score (nSPS) is 10.8. The fourth-order valence-electron chi connectivity index (χ4n) is 5.38. The van der Waals surface area contributed by atoms with Gasteiger partial charge in [0.25, 0.3) is 0 Å². The van der Waals surface area contributed by atoms with E-state index in [2.05, 4.69) is 72.0 Å². The highest BCUT2D eigenvalue weighted by molar-refractivity contribution is 8.00. The molecule has 0 aromatic carbocycles. The molecule has 6 heteroatoms. The molecular weight excluding hydrogens is 790 g/mol. The van der Waals surface area contributed by atoms with E-state index in [0.29, 0.717) is 0 Å². The molecule has 0 saturated carbocycles. The lowest BCUT2D eigenvalue weighted by atomic mass is 10.1. The van der Waals surface area contributed by atoms with Crippen molar-refractivity contribution in [3.05, 3.63) is 49.1 Å². The molecule has 2 nitrogen and oxygen atoms in total. The summed E-state index contributed by atoms with van der Waals surface area (Å²) in [5, 5.41) is 0. The van der Waals surface area contributed by atoms with Crippen molar-refractivity contribution in [2.45, 2.75) is 172 Å². The Balaban J connectivity index is 0.00000882. The second-order valence-corrected chi connectivity index (χ2v) is 14.3. The van der Waals surface area contributed by atoms with E-state index >= 15 is 0 Å². The number of aryl methyl sites for hydroxylation is 2. The largest absolute Gasteiger partial charge is 1.00 e. The number of rotatable bonds is 28. The third-order valence-electron chi connectivity index (χ3n) is 8.09. The highest BCUT2D eigenvalue weighted by Gasteiger charge is 2.04. The summed E-state index contributed by atoms with van der Waals surface area (Å²) >= 11 is 4.00. The van der Waals surface area contributed by atoms with Crippen LogP contribution in [-0.2, 0) is 13.1 Å². The van der Waals surface area contributed by atoms with E-state index in [0.717, 1.165) is 13.1 Å². The highest BCUT2D eigenvalue weighted by Crippen LogP contribution is 2.21. The van der Waals surface area contributed by atoms with Gasteiger partial charge in [-0.2, -0.15) is 0 Å². The van der Waals surface area contributed by atoms with Crippen LogP contribution >= 0.6 is 23.5 Å². The Morgan fingerprint density at radius 2 is 0.674 bits per heavy atom. The second-order valence-electron chi connectivity index (χ2n) is 12.0. The lowest BCUT2D eigenvalue weighted by Gasteiger charge is -2.04. The summed E-state index contributed by atoms with van der Waals surface area (Å²) in [5.74, 6) is 2.39. The van der Waals surface area contributed by atoms with Crippen LogP contribution in [0.25, 0.3) is 0 Å². The fraction of sp³-hybridized carbons (Fsp3) is 0.730. The molecule has 0 unspecified atom stereocenters. The second kappa shape index (κ2) is 32.4. The smallest absolute Gasteiger partial charge is 0.169 e. The van der Waals surface area contributed by atoms with Crippen molar-refractivity contribution in [1.82, 2.24) is 0 Å². The minimum absolute atomic E-state index is 0. The molecule has 0 aliphatic heterocycles. The van der Waals surface area contributed by atoms with Crippen LogP contribution in [-0.4, -0.2) is 11.5 Å². The maximum absolute atomic E-state index is 2.36. The molecule has 2 rings (SSSR count). The molecule has 0 atom stereocenters. The van der Waals surface area contributed by atoms with Crippen LogP contribution in [0.5, 0.6) is 0 Å². The molecule has 2 aromatic heterocycles. The first kappa shape index (κ1) is 43.5. The maximum atomic E-state index is 2.36. The summed E-state index contributed by atoms with van der Waals surface area (Å²) in [4.78, 5) is 2.81. The average Bonchev–Trinajstić information content (AvgIpc) is 3.00. The van der Waals surface area contributed by atoms with E-state index in [9.17, 15) is 0 Å². The molecule has 0 aliphatic rings. The van der Waals surface area contributed by atoms with Gasteiger partial charge in [-0.25, -0.2) is 9.13 Å². The summed E-state index contributed by atoms with van der Waals surface area (Å²) in [5.41, 5.74) is 0. The fourth-order valence-corrected chi connectivity index (χ4v) is 7.24. The van der Waals surface area contributed by atoms with Gasteiger partial charge in [0, 0.05) is 46.9 Å². The van der Waals surface area contributed by atoms with Gasteiger partial charge in [-0.05, 0) is 30.8 Å². The number of halogens is 2. The lowest BCUT2D eigenvalue weighted by molar-refractivity contribution is -0.697. The standard InChI is InChI=1S/C37H64N2S2.2HI/c1-3-5-7-9-11-13-15-17-19-21-28-38-30-24-36(25-31-38)40-34-23-35-41-37-26-32-39(33-27-37)29-22-20-18-16-14-12-10-8-6-4-2;;/h24-27,30-33H,3-23,28-29,34-35H2,1-2H3;2*1H/q+2;;/p-2. The van der Waals surface area contributed by atoms with Crippen LogP contribution in [0.2, 0.25) is 0 Å². The first-order valence-corrected chi connectivity index (χ1v) is 19.5. The third-order valence-corrected chi connectivity index (χ3v) is 10.3. The number of thioether (sulfide) groups is 2. The van der Waals surface area contributed by atoms with Crippen LogP contribution in [0.15, 0.2) is 58.8 Å². The van der Waals surface area contributed by atoms with Crippen molar-refractivity contribution < 1.29 is 57.1 Å². The molecular formula is C37H64I2N2S2. The van der Waals surface area contributed by atoms with Gasteiger partial charge in [0.2, 0.25) is 0 Å². The molecule has 0 N–H and O–H groups in total. The predicted octanol–water partition coefficient (Wildman–Crippen LogP) is 5.39. The van der Waals surface area contributed by atoms with Crippen LogP contribution in [0.1, 0.15) is 149 Å². The minimum atomic E-state index is 0. The molecule has 0 fully saturated rings. The lowest BCUT2D eigenvalue weighted by Crippen LogP contribution is -3.00. The van der Waals surface area contributed by atoms with Crippen molar-refractivity contribution in [2.75, 3.05) is 11.5 Å². The molecule has 0 spiro atoms. The van der Waals surface area contributed by atoms with E-state index in [1.165, 1.54) is 156 Å². The zero-order valence-corrected chi connectivity index (χ0v) is 33.7. The SMILES string of the molecule is CCCCCCCCCCCC[n+]1ccc(SCCCSc2cc[n+](CCCCCCCCCCCC)cc2)cc1.[I-].[I-]. The Hall–Kier alpha value is 0.460. The summed E-state index contributed by atoms with van der Waals surface area (Å²) < 4.78 is 4.73. The summed E-state index contributed by atoms with van der Waals surface area (Å²) in [6.07, 6.45) is 38.4. The van der Waals surface area contributed by atoms with E-state index in [1.807, 2.05) is 23.5 Å². The summed E-state index contributed by atoms with van der Waals surface area (Å²) in [6, 6.07) is 9.22. The van der Waals surface area contributed by atoms with Gasteiger partial charge in [0.05, 0.1) is 0 Å². The predicted molar refractivity (Wildman–Crippen MR) is 183 cm³/mol. The Kier molecular flexibility index (Phi) is 32.7. The van der Waals surface area contributed by atoms with Gasteiger partial charge < -0.3 is 48.0 Å². The zero-order chi connectivity index (χ0) is 29.1. The van der Waals surface area contributed by atoms with Crippen LogP contribution in [0, 0.1) is 0 Å². The average molecular weight is 855 g/mol. The number of hydrogen-bond acceptors (Lipinski definition) is 2. The zero-order valence-electron chi connectivity index (χ0n) is 27.8. The first-order chi connectivity index (χ1) is 20.3. The van der Waals surface area contributed by atoms with Gasteiger partial charge in [-0.1, -0.05) is 117 Å². The molecule has 43 heavy (non-hydrogen) atoms. The molecule has 0 amide bonds. The number of pyridine rings is 2. The minimum Gasteiger partial charge on any atom is -1.00 e. The van der Waals surface area contributed by atoms with Crippen molar-refractivity contribution in [3.63, 3.8) is 0 Å². The molecule has 248 valence electrons. The van der Waals surface area contributed by atoms with Gasteiger partial charge >= 0.3 is 0 Å². The third kappa shape index (κ3) is 25.3. The van der Waals surface area contributed by atoms with Crippen molar-refractivity contribution in [2.24, 2.45) is 0 Å². The van der Waals surface area contributed by atoms with E-state index in [1.54, 1.807) is 0 Å². The Morgan fingerprint density at radius 1 is 0.395 bits per heavy atom. The van der Waals surface area contributed by atoms with E-state index < -0.39 is 0 Å². The highest BCUT2D eigenvalue weighted by atomic mass is 127. The Morgan fingerprint density at radius 3 is 0.977 bits per heavy atom. The molecule has 0 bridgehead atoms. The van der Waals surface area contributed by atoms with Crippen molar-refractivity contribution in [1.29, 1.82) is 0 Å². The summed E-state index contributed by atoms with van der Waals surface area (Å²) in [6.45, 7) is 6.91. The molecule has 0 saturated heterocycles. The van der Waals surface area contributed by atoms with Gasteiger partial charge in [0.15, 0.2) is 24.8 Å². The number of nitrogens with zero attached hydrogens (tertiary/aromatic N) is 2. The first-order valence-electron chi connectivity index (χ1n) is 17.6. The van der Waals surface area contributed by atoms with Crippen molar-refractivity contribution >= 4 is 23.5 Å². The summed E-state index contributed by atoms with van der Waals surface area (Å²) in [7, 11) is 0. The van der Waals surface area contributed by atoms with Crippen LogP contribution in [0.4, 0.5) is 0 Å². The Bertz CT molecular complexity index is 764. The van der Waals surface area contributed by atoms with Gasteiger partial charge in [-0.15, -0.1) is 23.5 Å². The molecule has 0 aliphatic carbocycles. The monoisotopic (exact) mass is 854 g/mol. The van der Waals surface area contributed by atoms with Gasteiger partial charge in [0.1, 0.15) is 13.1 Å². The van der Waals surface area contributed by atoms with Crippen molar-refractivity contribution in [3.8, 4) is 0 Å². The number of aromatic nitrogens is 2. The maximum Gasteiger partial charge on any atom is 0.169 e. The van der Waals surface area contributed by atoms with E-state index in [-0.39, 0.29) is 48.0 Å².